The molecule has 5 heteroatoms. The Hall–Kier alpha value is -0.970. The second-order valence-electron chi connectivity index (χ2n) is 4.60. The highest BCUT2D eigenvalue weighted by Gasteiger charge is 2.44. The highest BCUT2D eigenvalue weighted by molar-refractivity contribution is 7.98. The summed E-state index contributed by atoms with van der Waals surface area (Å²) in [5, 5.41) is 0. The fourth-order valence-corrected chi connectivity index (χ4v) is 3.16. The molecule has 1 fully saturated rings. The molecule has 2 rings (SSSR count). The fourth-order valence-electron chi connectivity index (χ4n) is 1.76. The van der Waals surface area contributed by atoms with Gasteiger partial charge in [-0.05, 0) is 30.9 Å². The molecule has 1 aromatic rings. The first-order valence-corrected chi connectivity index (χ1v) is 6.84. The molecule has 1 aromatic heterocycles. The molecule has 94 valence electrons. The lowest BCUT2D eigenvalue weighted by Gasteiger charge is -2.12. The van der Waals surface area contributed by atoms with Gasteiger partial charge in [0.2, 0.25) is 0 Å². The summed E-state index contributed by atoms with van der Waals surface area (Å²) in [5.41, 5.74) is 1.19. The minimum Gasteiger partial charge on any atom is -0.469 e. The van der Waals surface area contributed by atoms with Gasteiger partial charge in [-0.15, -0.1) is 0 Å². The smallest absolute Gasteiger partial charge is 0.306 e. The first-order chi connectivity index (χ1) is 8.15. The summed E-state index contributed by atoms with van der Waals surface area (Å²) in [6.07, 6.45) is 4.29. The van der Waals surface area contributed by atoms with Crippen LogP contribution in [0.4, 0.5) is 0 Å². The minimum atomic E-state index is -0.0966. The molecule has 1 heterocycles. The quantitative estimate of drug-likeness (QED) is 0.731. The van der Waals surface area contributed by atoms with Crippen LogP contribution in [-0.2, 0) is 15.3 Å². The monoisotopic (exact) mass is 255 g/mol. The van der Waals surface area contributed by atoms with Crippen molar-refractivity contribution in [3.05, 3.63) is 17.8 Å². The van der Waals surface area contributed by atoms with E-state index in [4.69, 9.17) is 9.15 Å². The van der Waals surface area contributed by atoms with Gasteiger partial charge >= 0.3 is 5.97 Å². The van der Waals surface area contributed by atoms with E-state index in [0.29, 0.717) is 6.42 Å². The van der Waals surface area contributed by atoms with E-state index in [2.05, 4.69) is 4.98 Å². The Morgan fingerprint density at radius 1 is 1.65 bits per heavy atom. The first kappa shape index (κ1) is 12.5. The maximum absolute atomic E-state index is 11.3. The maximum Gasteiger partial charge on any atom is 0.306 e. The number of aromatic nitrogens is 1. The molecule has 1 saturated carbocycles. The topological polar surface area (TPSA) is 52.3 Å². The van der Waals surface area contributed by atoms with E-state index < -0.39 is 0 Å². The van der Waals surface area contributed by atoms with E-state index >= 15 is 0 Å². The first-order valence-electron chi connectivity index (χ1n) is 5.69. The summed E-state index contributed by atoms with van der Waals surface area (Å²) in [7, 11) is 1.45. The average Bonchev–Trinajstić information content (AvgIpc) is 2.95. The summed E-state index contributed by atoms with van der Waals surface area (Å²) < 4.78 is 9.87. The molecule has 0 bridgehead atoms. The molecule has 0 N–H and O–H groups in total. The molecule has 4 nitrogen and oxygen atoms in total. The minimum absolute atomic E-state index is 0.0966. The van der Waals surface area contributed by atoms with Crippen molar-refractivity contribution in [2.45, 2.75) is 31.9 Å². The van der Waals surface area contributed by atoms with E-state index in [1.165, 1.54) is 13.5 Å². The molecule has 0 spiro atoms. The zero-order valence-electron chi connectivity index (χ0n) is 10.2. The molecular weight excluding hydrogens is 238 g/mol. The van der Waals surface area contributed by atoms with Crippen molar-refractivity contribution in [3.63, 3.8) is 0 Å². The average molecular weight is 255 g/mol. The van der Waals surface area contributed by atoms with Crippen molar-refractivity contribution in [3.8, 4) is 0 Å². The molecule has 0 radical (unpaired) electrons. The lowest BCUT2D eigenvalue weighted by atomic mass is 10.1. The summed E-state index contributed by atoms with van der Waals surface area (Å²) in [4.78, 5) is 15.4. The van der Waals surface area contributed by atoms with Crippen LogP contribution in [-0.4, -0.2) is 23.8 Å². The molecule has 0 amide bonds. The van der Waals surface area contributed by atoms with E-state index in [1.807, 2.05) is 18.7 Å². The number of hydrogen-bond acceptors (Lipinski definition) is 5. The van der Waals surface area contributed by atoms with Crippen LogP contribution in [0.3, 0.4) is 0 Å². The van der Waals surface area contributed by atoms with Gasteiger partial charge in [-0.1, -0.05) is 0 Å². The molecule has 1 aliphatic carbocycles. The van der Waals surface area contributed by atoms with Crippen LogP contribution < -0.4 is 0 Å². The van der Waals surface area contributed by atoms with Crippen LogP contribution in [0, 0.1) is 12.3 Å². The van der Waals surface area contributed by atoms with E-state index in [-0.39, 0.29) is 11.4 Å². The van der Waals surface area contributed by atoms with Crippen molar-refractivity contribution >= 4 is 17.7 Å². The van der Waals surface area contributed by atoms with Gasteiger partial charge in [0.05, 0.1) is 19.2 Å². The van der Waals surface area contributed by atoms with Crippen molar-refractivity contribution in [1.82, 2.24) is 4.98 Å². The Morgan fingerprint density at radius 3 is 2.94 bits per heavy atom. The second-order valence-corrected chi connectivity index (χ2v) is 5.59. The predicted octanol–water partition coefficient (Wildman–Crippen LogP) is 2.56. The van der Waals surface area contributed by atoms with Gasteiger partial charge < -0.3 is 9.15 Å². The number of ether oxygens (including phenoxy) is 1. The number of aryl methyl sites for hydroxylation is 1. The molecule has 17 heavy (non-hydrogen) atoms. The molecular formula is C12H17NO3S. The highest BCUT2D eigenvalue weighted by atomic mass is 32.2. The van der Waals surface area contributed by atoms with Gasteiger partial charge in [-0.2, -0.15) is 11.8 Å². The number of nitrogens with zero attached hydrogens (tertiary/aromatic N) is 1. The SMILES string of the molecule is COC(=O)CC1(CSCc2ncoc2C)CC1. The second kappa shape index (κ2) is 5.12. The lowest BCUT2D eigenvalue weighted by Crippen LogP contribution is -2.13. The van der Waals surface area contributed by atoms with E-state index in [9.17, 15) is 4.79 Å². The Balaban J connectivity index is 1.75. The van der Waals surface area contributed by atoms with Crippen molar-refractivity contribution in [2.75, 3.05) is 12.9 Å². The maximum atomic E-state index is 11.3. The summed E-state index contributed by atoms with van der Waals surface area (Å²) in [6, 6.07) is 0. The largest absolute Gasteiger partial charge is 0.469 e. The Morgan fingerprint density at radius 2 is 2.41 bits per heavy atom. The molecule has 1 aliphatic rings. The molecule has 0 aromatic carbocycles. The van der Waals surface area contributed by atoms with Crippen molar-refractivity contribution < 1.29 is 13.9 Å². The fraction of sp³-hybridized carbons (Fsp3) is 0.667. The number of rotatable bonds is 6. The number of esters is 1. The predicted molar refractivity (Wildman–Crippen MR) is 65.7 cm³/mol. The third kappa shape index (κ3) is 3.25. The van der Waals surface area contributed by atoms with Crippen molar-refractivity contribution in [1.29, 1.82) is 0 Å². The number of carbonyl (C=O) groups is 1. The lowest BCUT2D eigenvalue weighted by molar-refractivity contribution is -0.141. The van der Waals surface area contributed by atoms with Gasteiger partial charge in [0.15, 0.2) is 6.39 Å². The van der Waals surface area contributed by atoms with Crippen LogP contribution in [0.5, 0.6) is 0 Å². The van der Waals surface area contributed by atoms with Crippen LogP contribution >= 0.6 is 11.8 Å². The van der Waals surface area contributed by atoms with E-state index in [0.717, 1.165) is 35.8 Å². The molecule has 0 unspecified atom stereocenters. The Labute approximate surface area is 105 Å². The van der Waals surface area contributed by atoms with Gasteiger partial charge in [-0.3, -0.25) is 4.79 Å². The number of thioether (sulfide) groups is 1. The zero-order chi connectivity index (χ0) is 12.3. The van der Waals surface area contributed by atoms with Gasteiger partial charge in [0, 0.05) is 5.75 Å². The van der Waals surface area contributed by atoms with Gasteiger partial charge in [0.25, 0.3) is 0 Å². The normalized spacial score (nSPS) is 16.8. The van der Waals surface area contributed by atoms with Crippen LogP contribution in [0.25, 0.3) is 0 Å². The molecule has 0 atom stereocenters. The third-order valence-electron chi connectivity index (χ3n) is 3.20. The van der Waals surface area contributed by atoms with Crippen LogP contribution in [0.15, 0.2) is 10.8 Å². The number of hydrogen-bond donors (Lipinski definition) is 0. The summed E-state index contributed by atoms with van der Waals surface area (Å²) >= 11 is 1.82. The molecule has 0 aliphatic heterocycles. The summed E-state index contributed by atoms with van der Waals surface area (Å²) in [5.74, 6) is 2.63. The van der Waals surface area contributed by atoms with Crippen molar-refractivity contribution in [2.24, 2.45) is 5.41 Å². The van der Waals surface area contributed by atoms with Crippen LogP contribution in [0.1, 0.15) is 30.7 Å². The summed E-state index contributed by atoms with van der Waals surface area (Å²) in [6.45, 7) is 1.92. The third-order valence-corrected chi connectivity index (χ3v) is 4.49. The standard InChI is InChI=1S/C12H17NO3S/c1-9-10(13-8-16-9)6-17-7-12(3-4-12)5-11(14)15-2/h8H,3-7H2,1-2H3. The van der Waals surface area contributed by atoms with E-state index in [1.54, 1.807) is 0 Å². The Bertz CT molecular complexity index is 398. The zero-order valence-corrected chi connectivity index (χ0v) is 11.0. The van der Waals surface area contributed by atoms with Gasteiger partial charge in [-0.25, -0.2) is 4.98 Å². The Kier molecular flexibility index (Phi) is 3.76. The molecule has 0 saturated heterocycles. The number of carbonyl (C=O) groups excluding carboxylic acids is 1. The van der Waals surface area contributed by atoms with Crippen LogP contribution in [0.2, 0.25) is 0 Å². The van der Waals surface area contributed by atoms with Gasteiger partial charge in [0.1, 0.15) is 5.76 Å². The number of methoxy groups -OCH3 is 1. The highest BCUT2D eigenvalue weighted by Crippen LogP contribution is 2.51. The number of oxazole rings is 1.